The van der Waals surface area contributed by atoms with Crippen molar-refractivity contribution in [3.63, 3.8) is 0 Å². The number of nitrogens with one attached hydrogen (secondary N) is 1. The van der Waals surface area contributed by atoms with Gasteiger partial charge in [0.05, 0.1) is 18.0 Å². The molecule has 18 heavy (non-hydrogen) atoms. The molecule has 1 N–H and O–H groups in total. The van der Waals surface area contributed by atoms with Crippen molar-refractivity contribution in [2.45, 2.75) is 31.9 Å². The summed E-state index contributed by atoms with van der Waals surface area (Å²) in [5, 5.41) is 7.29. The normalized spacial score (nSPS) is 22.9. The Labute approximate surface area is 103 Å². The van der Waals surface area contributed by atoms with Crippen molar-refractivity contribution in [1.82, 2.24) is 9.78 Å². The van der Waals surface area contributed by atoms with Gasteiger partial charge in [0, 0.05) is 12.5 Å². The molecule has 0 unspecified atom stereocenters. The van der Waals surface area contributed by atoms with Gasteiger partial charge < -0.3 is 9.73 Å². The van der Waals surface area contributed by atoms with Gasteiger partial charge in [-0.1, -0.05) is 0 Å². The SMILES string of the molecule is Cc1cc2n(n1)[C@@H](C(F)F)C[C@H](c1ccco1)N2. The Kier molecular flexibility index (Phi) is 2.57. The van der Waals surface area contributed by atoms with Crippen LogP contribution in [-0.2, 0) is 0 Å². The third-order valence-corrected chi connectivity index (χ3v) is 3.15. The van der Waals surface area contributed by atoms with E-state index in [-0.39, 0.29) is 12.5 Å². The highest BCUT2D eigenvalue weighted by Gasteiger charge is 2.35. The number of alkyl halides is 2. The number of furan rings is 1. The summed E-state index contributed by atoms with van der Waals surface area (Å²) in [5.74, 6) is 1.29. The zero-order valence-electron chi connectivity index (χ0n) is 9.81. The first-order valence-electron chi connectivity index (χ1n) is 5.79. The van der Waals surface area contributed by atoms with E-state index in [0.717, 1.165) is 5.69 Å². The molecule has 96 valence electrons. The maximum atomic E-state index is 13.1. The largest absolute Gasteiger partial charge is 0.467 e. The van der Waals surface area contributed by atoms with Crippen molar-refractivity contribution in [3.05, 3.63) is 35.9 Å². The van der Waals surface area contributed by atoms with E-state index in [1.807, 2.05) is 0 Å². The lowest BCUT2D eigenvalue weighted by molar-refractivity contribution is 0.0644. The van der Waals surface area contributed by atoms with Crippen LogP contribution in [0.25, 0.3) is 0 Å². The van der Waals surface area contributed by atoms with Crippen LogP contribution in [0.15, 0.2) is 28.9 Å². The van der Waals surface area contributed by atoms with E-state index in [1.54, 1.807) is 31.4 Å². The van der Waals surface area contributed by atoms with Crippen molar-refractivity contribution in [1.29, 1.82) is 0 Å². The molecule has 0 saturated carbocycles. The van der Waals surface area contributed by atoms with Crippen LogP contribution < -0.4 is 5.32 Å². The number of aromatic nitrogens is 2. The fourth-order valence-electron chi connectivity index (χ4n) is 2.34. The molecule has 2 atom stereocenters. The Balaban J connectivity index is 1.97. The molecular formula is C12H13F2N3O. The summed E-state index contributed by atoms with van der Waals surface area (Å²) in [6.07, 6.45) is -0.632. The van der Waals surface area contributed by atoms with E-state index in [4.69, 9.17) is 4.42 Å². The lowest BCUT2D eigenvalue weighted by Crippen LogP contribution is -2.30. The molecule has 0 radical (unpaired) electrons. The fraction of sp³-hybridized carbons (Fsp3) is 0.417. The highest BCUT2D eigenvalue weighted by Crippen LogP contribution is 2.38. The number of anilines is 1. The van der Waals surface area contributed by atoms with Gasteiger partial charge in [-0.3, -0.25) is 0 Å². The molecule has 4 nitrogen and oxygen atoms in total. The van der Waals surface area contributed by atoms with E-state index >= 15 is 0 Å². The minimum atomic E-state index is -2.44. The number of hydrogen-bond acceptors (Lipinski definition) is 3. The van der Waals surface area contributed by atoms with Crippen molar-refractivity contribution in [2.75, 3.05) is 5.32 Å². The van der Waals surface area contributed by atoms with Crippen LogP contribution >= 0.6 is 0 Å². The van der Waals surface area contributed by atoms with Gasteiger partial charge in [0.1, 0.15) is 17.6 Å². The van der Waals surface area contributed by atoms with Gasteiger partial charge >= 0.3 is 0 Å². The van der Waals surface area contributed by atoms with Crippen LogP contribution in [0.2, 0.25) is 0 Å². The van der Waals surface area contributed by atoms with Gasteiger partial charge in [0.15, 0.2) is 0 Å². The number of hydrogen-bond donors (Lipinski definition) is 1. The van der Waals surface area contributed by atoms with Gasteiger partial charge in [-0.25, -0.2) is 13.5 Å². The molecular weight excluding hydrogens is 240 g/mol. The highest BCUT2D eigenvalue weighted by molar-refractivity contribution is 5.42. The first-order valence-corrected chi connectivity index (χ1v) is 5.79. The van der Waals surface area contributed by atoms with E-state index < -0.39 is 12.5 Å². The first-order chi connectivity index (χ1) is 8.65. The second kappa shape index (κ2) is 4.12. The summed E-state index contributed by atoms with van der Waals surface area (Å²) in [7, 11) is 0. The number of nitrogens with zero attached hydrogens (tertiary/aromatic N) is 2. The number of halogens is 2. The Morgan fingerprint density at radius 1 is 1.56 bits per heavy atom. The third-order valence-electron chi connectivity index (χ3n) is 3.15. The smallest absolute Gasteiger partial charge is 0.260 e. The van der Waals surface area contributed by atoms with Crippen LogP contribution in [0, 0.1) is 6.92 Å². The molecule has 0 amide bonds. The molecule has 3 rings (SSSR count). The summed E-state index contributed by atoms with van der Waals surface area (Å²) in [6.45, 7) is 1.79. The molecule has 2 aromatic heterocycles. The monoisotopic (exact) mass is 253 g/mol. The lowest BCUT2D eigenvalue weighted by atomic mass is 10.0. The second-order valence-corrected chi connectivity index (χ2v) is 4.47. The zero-order valence-corrected chi connectivity index (χ0v) is 9.81. The van der Waals surface area contributed by atoms with Gasteiger partial charge in [-0.05, 0) is 19.1 Å². The molecule has 0 spiro atoms. The Bertz CT molecular complexity index is 536. The van der Waals surface area contributed by atoms with Crippen molar-refractivity contribution >= 4 is 5.82 Å². The fourth-order valence-corrected chi connectivity index (χ4v) is 2.34. The minimum absolute atomic E-state index is 0.234. The standard InChI is InChI=1S/C12H13F2N3O/c1-7-5-11-15-8(10-3-2-4-18-10)6-9(12(13)14)17(11)16-7/h2-5,8-9,12,15H,6H2,1H3/t8-,9-/m1/s1. The topological polar surface area (TPSA) is 43.0 Å². The van der Waals surface area contributed by atoms with Crippen LogP contribution in [-0.4, -0.2) is 16.2 Å². The van der Waals surface area contributed by atoms with E-state index in [9.17, 15) is 8.78 Å². The molecule has 2 aromatic rings. The maximum absolute atomic E-state index is 13.1. The highest BCUT2D eigenvalue weighted by atomic mass is 19.3. The predicted octanol–water partition coefficient (Wildman–Crippen LogP) is 3.15. The molecule has 0 aromatic carbocycles. The molecule has 1 aliphatic rings. The van der Waals surface area contributed by atoms with Gasteiger partial charge in [0.25, 0.3) is 6.43 Å². The Hall–Kier alpha value is -1.85. The van der Waals surface area contributed by atoms with E-state index in [1.165, 1.54) is 4.68 Å². The molecule has 0 fully saturated rings. The summed E-state index contributed by atoms with van der Waals surface area (Å²) < 4.78 is 32.9. The Morgan fingerprint density at radius 3 is 3.06 bits per heavy atom. The number of aryl methyl sites for hydroxylation is 1. The molecule has 1 aliphatic heterocycles. The summed E-state index contributed by atoms with van der Waals surface area (Å²) in [5.41, 5.74) is 0.725. The average molecular weight is 253 g/mol. The number of fused-ring (bicyclic) bond motifs is 1. The average Bonchev–Trinajstić information content (AvgIpc) is 2.93. The summed E-state index contributed by atoms with van der Waals surface area (Å²) >= 11 is 0. The molecule has 6 heteroatoms. The molecule has 0 bridgehead atoms. The van der Waals surface area contributed by atoms with E-state index in [0.29, 0.717) is 11.6 Å². The van der Waals surface area contributed by atoms with Gasteiger partial charge in [-0.2, -0.15) is 5.10 Å². The summed E-state index contributed by atoms with van der Waals surface area (Å²) in [4.78, 5) is 0. The van der Waals surface area contributed by atoms with Crippen LogP contribution in [0.3, 0.4) is 0 Å². The van der Waals surface area contributed by atoms with Gasteiger partial charge in [-0.15, -0.1) is 0 Å². The second-order valence-electron chi connectivity index (χ2n) is 4.47. The minimum Gasteiger partial charge on any atom is -0.467 e. The summed E-state index contributed by atoms with van der Waals surface area (Å²) in [6, 6.07) is 4.17. The maximum Gasteiger partial charge on any atom is 0.260 e. The van der Waals surface area contributed by atoms with E-state index in [2.05, 4.69) is 10.4 Å². The molecule has 0 aliphatic carbocycles. The third kappa shape index (κ3) is 1.77. The van der Waals surface area contributed by atoms with Crippen molar-refractivity contribution in [2.24, 2.45) is 0 Å². The van der Waals surface area contributed by atoms with Gasteiger partial charge in [0.2, 0.25) is 0 Å². The Morgan fingerprint density at radius 2 is 2.39 bits per heavy atom. The van der Waals surface area contributed by atoms with Crippen LogP contribution in [0.4, 0.5) is 14.6 Å². The number of rotatable bonds is 2. The van der Waals surface area contributed by atoms with Crippen LogP contribution in [0.5, 0.6) is 0 Å². The van der Waals surface area contributed by atoms with Crippen LogP contribution in [0.1, 0.15) is 30.0 Å². The van der Waals surface area contributed by atoms with Crippen molar-refractivity contribution in [3.8, 4) is 0 Å². The lowest BCUT2D eigenvalue weighted by Gasteiger charge is -2.30. The molecule has 3 heterocycles. The predicted molar refractivity (Wildman–Crippen MR) is 61.7 cm³/mol. The first kappa shape index (κ1) is 11.3. The zero-order chi connectivity index (χ0) is 12.7. The molecule has 0 saturated heterocycles. The quantitative estimate of drug-likeness (QED) is 0.894. The van der Waals surface area contributed by atoms with Crippen molar-refractivity contribution < 1.29 is 13.2 Å².